The topological polar surface area (TPSA) is 21.3 Å². The van der Waals surface area contributed by atoms with E-state index in [4.69, 9.17) is 4.74 Å². The minimum atomic E-state index is -0.273. The molecule has 2 nitrogen and oxygen atoms in total. The summed E-state index contributed by atoms with van der Waals surface area (Å²) in [6.45, 7) is 7.14. The van der Waals surface area contributed by atoms with Gasteiger partial charge in [-0.05, 0) is 53.9 Å². The Hall–Kier alpha value is -0.610. The van der Waals surface area contributed by atoms with Crippen LogP contribution in [-0.2, 0) is 0 Å². The van der Waals surface area contributed by atoms with Crippen molar-refractivity contribution in [2.75, 3.05) is 6.54 Å². The van der Waals surface area contributed by atoms with Gasteiger partial charge >= 0.3 is 0 Å². The monoisotopic (exact) mass is 317 g/mol. The van der Waals surface area contributed by atoms with Crippen molar-refractivity contribution in [1.29, 1.82) is 0 Å². The quantitative estimate of drug-likeness (QED) is 0.816. The van der Waals surface area contributed by atoms with Crippen molar-refractivity contribution in [2.45, 2.75) is 45.8 Å². The second-order valence-electron chi connectivity index (χ2n) is 4.43. The van der Waals surface area contributed by atoms with Crippen molar-refractivity contribution in [2.24, 2.45) is 0 Å². The van der Waals surface area contributed by atoms with Crippen molar-refractivity contribution >= 4 is 15.9 Å². The first kappa shape index (κ1) is 15.4. The SMILES string of the molecule is CCC(CC)NCC(C)Oc1ccc(F)c(Br)c1. The number of rotatable bonds is 7. The molecule has 1 N–H and O–H groups in total. The van der Waals surface area contributed by atoms with E-state index in [0.717, 1.165) is 19.4 Å². The molecule has 0 aromatic heterocycles. The molecule has 0 spiro atoms. The minimum absolute atomic E-state index is 0.0583. The highest BCUT2D eigenvalue weighted by Gasteiger charge is 2.09. The Balaban J connectivity index is 2.44. The first-order chi connectivity index (χ1) is 8.56. The summed E-state index contributed by atoms with van der Waals surface area (Å²) in [4.78, 5) is 0. The molecule has 18 heavy (non-hydrogen) atoms. The van der Waals surface area contributed by atoms with Crippen LogP contribution in [0.3, 0.4) is 0 Å². The van der Waals surface area contributed by atoms with Crippen LogP contribution >= 0.6 is 15.9 Å². The molecule has 1 atom stereocenters. The lowest BCUT2D eigenvalue weighted by molar-refractivity contribution is 0.209. The number of ether oxygens (including phenoxy) is 1. The van der Waals surface area contributed by atoms with Crippen molar-refractivity contribution in [1.82, 2.24) is 5.32 Å². The van der Waals surface area contributed by atoms with Crippen LogP contribution in [0.1, 0.15) is 33.6 Å². The summed E-state index contributed by atoms with van der Waals surface area (Å²) in [6, 6.07) is 5.24. The summed E-state index contributed by atoms with van der Waals surface area (Å²) in [6.07, 6.45) is 2.29. The number of benzene rings is 1. The van der Waals surface area contributed by atoms with E-state index in [-0.39, 0.29) is 11.9 Å². The van der Waals surface area contributed by atoms with Crippen molar-refractivity contribution in [3.63, 3.8) is 0 Å². The lowest BCUT2D eigenvalue weighted by atomic mass is 10.1. The van der Waals surface area contributed by atoms with Gasteiger partial charge in [-0.3, -0.25) is 0 Å². The minimum Gasteiger partial charge on any atom is -0.489 e. The summed E-state index contributed by atoms with van der Waals surface area (Å²) in [7, 11) is 0. The number of hydrogen-bond acceptors (Lipinski definition) is 2. The van der Waals surface area contributed by atoms with E-state index in [2.05, 4.69) is 35.1 Å². The molecule has 102 valence electrons. The van der Waals surface area contributed by atoms with Gasteiger partial charge in [0.05, 0.1) is 4.47 Å². The van der Waals surface area contributed by atoms with Gasteiger partial charge in [-0.1, -0.05) is 13.8 Å². The summed E-state index contributed by atoms with van der Waals surface area (Å²) in [5, 5.41) is 3.45. The smallest absolute Gasteiger partial charge is 0.137 e. The lowest BCUT2D eigenvalue weighted by Crippen LogP contribution is -2.36. The van der Waals surface area contributed by atoms with E-state index in [0.29, 0.717) is 16.3 Å². The van der Waals surface area contributed by atoms with E-state index >= 15 is 0 Å². The van der Waals surface area contributed by atoms with Crippen molar-refractivity contribution in [3.05, 3.63) is 28.5 Å². The highest BCUT2D eigenvalue weighted by molar-refractivity contribution is 9.10. The molecular weight excluding hydrogens is 297 g/mol. The van der Waals surface area contributed by atoms with E-state index < -0.39 is 0 Å². The number of nitrogens with one attached hydrogen (secondary N) is 1. The maximum absolute atomic E-state index is 13.1. The van der Waals surface area contributed by atoms with Gasteiger partial charge < -0.3 is 10.1 Å². The molecule has 0 aliphatic carbocycles. The van der Waals surface area contributed by atoms with Crippen molar-refractivity contribution in [3.8, 4) is 5.75 Å². The van der Waals surface area contributed by atoms with Gasteiger partial charge in [0.25, 0.3) is 0 Å². The first-order valence-corrected chi connectivity index (χ1v) is 7.21. The molecule has 0 fully saturated rings. The Labute approximate surface area is 117 Å². The second-order valence-corrected chi connectivity index (χ2v) is 5.28. The highest BCUT2D eigenvalue weighted by Crippen LogP contribution is 2.22. The third-order valence-electron chi connectivity index (χ3n) is 2.91. The standard InChI is InChI=1S/C14H21BrFNO/c1-4-11(5-2)17-9-10(3)18-12-6-7-14(16)13(15)8-12/h6-8,10-11,17H,4-5,9H2,1-3H3. The molecule has 1 aromatic rings. The fraction of sp³-hybridized carbons (Fsp3) is 0.571. The Morgan fingerprint density at radius 3 is 2.56 bits per heavy atom. The average Bonchev–Trinajstić information content (AvgIpc) is 2.35. The van der Waals surface area contributed by atoms with E-state index in [1.54, 1.807) is 12.1 Å². The lowest BCUT2D eigenvalue weighted by Gasteiger charge is -2.20. The summed E-state index contributed by atoms with van der Waals surface area (Å²) >= 11 is 3.15. The molecule has 1 aromatic carbocycles. The largest absolute Gasteiger partial charge is 0.489 e. The molecule has 1 rings (SSSR count). The molecule has 0 saturated carbocycles. The molecule has 0 bridgehead atoms. The molecule has 0 aliphatic heterocycles. The van der Waals surface area contributed by atoms with Gasteiger partial charge in [-0.25, -0.2) is 4.39 Å². The molecular formula is C14H21BrFNO. The van der Waals surface area contributed by atoms with Crippen LogP contribution in [0.15, 0.2) is 22.7 Å². The number of hydrogen-bond donors (Lipinski definition) is 1. The first-order valence-electron chi connectivity index (χ1n) is 6.41. The fourth-order valence-corrected chi connectivity index (χ4v) is 2.09. The van der Waals surface area contributed by atoms with Gasteiger partial charge in [-0.15, -0.1) is 0 Å². The molecule has 0 amide bonds. The molecule has 4 heteroatoms. The van der Waals surface area contributed by atoms with Gasteiger partial charge in [0.1, 0.15) is 17.7 Å². The molecule has 0 radical (unpaired) electrons. The van der Waals surface area contributed by atoms with E-state index in [1.807, 2.05) is 6.92 Å². The Kier molecular flexibility index (Phi) is 6.65. The maximum atomic E-state index is 13.1. The summed E-state index contributed by atoms with van der Waals surface area (Å²) in [5.74, 6) is 0.410. The van der Waals surface area contributed by atoms with Crippen molar-refractivity contribution < 1.29 is 9.13 Å². The third-order valence-corrected chi connectivity index (χ3v) is 3.52. The molecule has 0 heterocycles. The van der Waals surface area contributed by atoms with Crippen LogP contribution in [0, 0.1) is 5.82 Å². The van der Waals surface area contributed by atoms with E-state index in [9.17, 15) is 4.39 Å². The number of halogens is 2. The summed E-state index contributed by atoms with van der Waals surface area (Å²) < 4.78 is 19.2. The Morgan fingerprint density at radius 1 is 1.33 bits per heavy atom. The zero-order valence-electron chi connectivity index (χ0n) is 11.2. The van der Waals surface area contributed by atoms with Crippen LogP contribution in [0.2, 0.25) is 0 Å². The maximum Gasteiger partial charge on any atom is 0.137 e. The highest BCUT2D eigenvalue weighted by atomic mass is 79.9. The Morgan fingerprint density at radius 2 is 2.00 bits per heavy atom. The molecule has 0 aliphatic rings. The zero-order valence-corrected chi connectivity index (χ0v) is 12.8. The molecule has 0 saturated heterocycles. The van der Waals surface area contributed by atoms with Crippen LogP contribution < -0.4 is 10.1 Å². The van der Waals surface area contributed by atoms with Gasteiger partial charge in [0.2, 0.25) is 0 Å². The van der Waals surface area contributed by atoms with Gasteiger partial charge in [0, 0.05) is 12.6 Å². The average molecular weight is 318 g/mol. The fourth-order valence-electron chi connectivity index (χ4n) is 1.73. The van der Waals surface area contributed by atoms with Crippen LogP contribution in [-0.4, -0.2) is 18.7 Å². The van der Waals surface area contributed by atoms with Crippen LogP contribution in [0.5, 0.6) is 5.75 Å². The second kappa shape index (κ2) is 7.74. The van der Waals surface area contributed by atoms with Gasteiger partial charge in [0.15, 0.2) is 0 Å². The van der Waals surface area contributed by atoms with E-state index in [1.165, 1.54) is 6.07 Å². The van der Waals surface area contributed by atoms with Gasteiger partial charge in [-0.2, -0.15) is 0 Å². The normalized spacial score (nSPS) is 12.8. The predicted octanol–water partition coefficient (Wildman–Crippen LogP) is 4.13. The third kappa shape index (κ3) is 4.94. The Bertz CT molecular complexity index is 369. The van der Waals surface area contributed by atoms with Crippen LogP contribution in [0.4, 0.5) is 4.39 Å². The predicted molar refractivity (Wildman–Crippen MR) is 76.6 cm³/mol. The van der Waals surface area contributed by atoms with Crippen LogP contribution in [0.25, 0.3) is 0 Å². The molecule has 1 unspecified atom stereocenters. The summed E-state index contributed by atoms with van der Waals surface area (Å²) in [5.41, 5.74) is 0. The zero-order chi connectivity index (χ0) is 13.5.